The predicted octanol–water partition coefficient (Wildman–Crippen LogP) is 2.08. The van der Waals surface area contributed by atoms with E-state index in [9.17, 15) is 9.59 Å². The predicted molar refractivity (Wildman–Crippen MR) is 92.4 cm³/mol. The van der Waals surface area contributed by atoms with Gasteiger partial charge in [-0.25, -0.2) is 0 Å². The van der Waals surface area contributed by atoms with E-state index in [4.69, 9.17) is 0 Å². The molecule has 3 rings (SSSR count). The van der Waals surface area contributed by atoms with Gasteiger partial charge in [0.05, 0.1) is 24.1 Å². The third-order valence-electron chi connectivity index (χ3n) is 3.48. The summed E-state index contributed by atoms with van der Waals surface area (Å²) in [4.78, 5) is 24.2. The average molecular weight is 330 g/mol. The Labute approximate surface area is 138 Å². The third-order valence-corrected chi connectivity index (χ3v) is 4.31. The number of hydrogen-bond acceptors (Lipinski definition) is 4. The second kappa shape index (κ2) is 7.34. The lowest BCUT2D eigenvalue weighted by Gasteiger charge is -2.08. The summed E-state index contributed by atoms with van der Waals surface area (Å²) < 4.78 is 1.78. The van der Waals surface area contributed by atoms with Gasteiger partial charge in [-0.3, -0.25) is 18.9 Å². The first-order chi connectivity index (χ1) is 11.2. The van der Waals surface area contributed by atoms with E-state index in [1.807, 2.05) is 30.5 Å². The number of amides is 2. The Bertz CT molecular complexity index is 754. The molecule has 1 aromatic carbocycles. The lowest BCUT2D eigenvalue weighted by Crippen LogP contribution is -2.33. The molecule has 0 fully saturated rings. The van der Waals surface area contributed by atoms with E-state index in [-0.39, 0.29) is 11.1 Å². The van der Waals surface area contributed by atoms with Crippen LogP contribution in [0.3, 0.4) is 0 Å². The molecule has 0 unspecified atom stereocenters. The van der Waals surface area contributed by atoms with E-state index in [0.29, 0.717) is 25.3 Å². The second-order valence-corrected chi connectivity index (χ2v) is 6.06. The highest BCUT2D eigenvalue weighted by molar-refractivity contribution is 8.12. The molecule has 2 heterocycles. The highest BCUT2D eigenvalue weighted by atomic mass is 32.2. The standard InChI is InChI=1S/C16H18N4O2S/c21-15-13-5-4-12-6-9-20(14(12)10-13)23-16(22)18-8-3-1-2-7-17-11-19-15/h1-2,4-6,9-10,17H,3,7-8,11H2,(H,18,22)(H,19,21). The van der Waals surface area contributed by atoms with Crippen LogP contribution in [0.15, 0.2) is 42.6 Å². The molecule has 1 aliphatic rings. The van der Waals surface area contributed by atoms with Gasteiger partial charge in [0.1, 0.15) is 0 Å². The van der Waals surface area contributed by atoms with Gasteiger partial charge in [0.15, 0.2) is 0 Å². The molecule has 0 saturated carbocycles. The van der Waals surface area contributed by atoms with Crippen LogP contribution in [-0.2, 0) is 0 Å². The van der Waals surface area contributed by atoms with Gasteiger partial charge in [-0.2, -0.15) is 0 Å². The van der Waals surface area contributed by atoms with Crippen LogP contribution in [0.1, 0.15) is 16.8 Å². The van der Waals surface area contributed by atoms with Crippen LogP contribution in [0.4, 0.5) is 4.79 Å². The highest BCUT2D eigenvalue weighted by Crippen LogP contribution is 2.22. The zero-order valence-corrected chi connectivity index (χ0v) is 13.4. The minimum absolute atomic E-state index is 0.115. The summed E-state index contributed by atoms with van der Waals surface area (Å²) >= 11 is 1.08. The number of nitrogens with one attached hydrogen (secondary N) is 3. The Morgan fingerprint density at radius 3 is 2.91 bits per heavy atom. The Kier molecular flexibility index (Phi) is 4.99. The van der Waals surface area contributed by atoms with Gasteiger partial charge in [0.25, 0.3) is 11.1 Å². The minimum Gasteiger partial charge on any atom is -0.345 e. The molecule has 0 spiro atoms. The maximum Gasteiger partial charge on any atom is 0.300 e. The van der Waals surface area contributed by atoms with Crippen LogP contribution in [0.25, 0.3) is 10.9 Å². The van der Waals surface area contributed by atoms with E-state index in [1.54, 1.807) is 16.1 Å². The van der Waals surface area contributed by atoms with Gasteiger partial charge in [0, 0.05) is 30.2 Å². The number of nitrogens with zero attached hydrogens (tertiary/aromatic N) is 1. The fraction of sp³-hybridized carbons (Fsp3) is 0.250. The Balaban J connectivity index is 1.88. The summed E-state index contributed by atoms with van der Waals surface area (Å²) in [5.74, 6) is -0.141. The van der Waals surface area contributed by atoms with Crippen LogP contribution in [0.2, 0.25) is 0 Å². The molecule has 1 aliphatic heterocycles. The van der Waals surface area contributed by atoms with Gasteiger partial charge in [-0.15, -0.1) is 0 Å². The van der Waals surface area contributed by atoms with Crippen LogP contribution < -0.4 is 16.0 Å². The first-order valence-corrected chi connectivity index (χ1v) is 8.22. The molecule has 0 radical (unpaired) electrons. The molecular weight excluding hydrogens is 312 g/mol. The molecule has 2 bridgehead atoms. The van der Waals surface area contributed by atoms with E-state index >= 15 is 0 Å². The molecule has 2 amide bonds. The lowest BCUT2D eigenvalue weighted by molar-refractivity contribution is 0.0951. The molecule has 0 aliphatic carbocycles. The third kappa shape index (κ3) is 3.94. The van der Waals surface area contributed by atoms with Gasteiger partial charge >= 0.3 is 0 Å². The largest absolute Gasteiger partial charge is 0.345 e. The number of carbonyl (C=O) groups excluding carboxylic acids is 2. The van der Waals surface area contributed by atoms with Crippen molar-refractivity contribution in [2.24, 2.45) is 0 Å². The van der Waals surface area contributed by atoms with Gasteiger partial charge in [0.2, 0.25) is 0 Å². The van der Waals surface area contributed by atoms with Crippen molar-refractivity contribution in [2.45, 2.75) is 6.42 Å². The normalized spacial score (nSPS) is 17.2. The zero-order valence-electron chi connectivity index (χ0n) is 12.5. The van der Waals surface area contributed by atoms with Crippen molar-refractivity contribution in [3.05, 3.63) is 48.2 Å². The van der Waals surface area contributed by atoms with Crippen molar-refractivity contribution < 1.29 is 9.59 Å². The molecular formula is C16H18N4O2S. The van der Waals surface area contributed by atoms with E-state index < -0.39 is 0 Å². The molecule has 0 atom stereocenters. The maximum atomic E-state index is 12.2. The first-order valence-electron chi connectivity index (χ1n) is 7.45. The number of rotatable bonds is 0. The average Bonchev–Trinajstić information content (AvgIpc) is 2.94. The number of benzene rings is 1. The van der Waals surface area contributed by atoms with Crippen LogP contribution in [0.5, 0.6) is 0 Å². The van der Waals surface area contributed by atoms with Crippen molar-refractivity contribution in [3.8, 4) is 0 Å². The van der Waals surface area contributed by atoms with Gasteiger partial charge in [-0.05, 0) is 24.6 Å². The monoisotopic (exact) mass is 330 g/mol. The number of carbonyl (C=O) groups is 2. The molecule has 3 N–H and O–H groups in total. The van der Waals surface area contributed by atoms with Crippen molar-refractivity contribution >= 4 is 34.0 Å². The molecule has 0 saturated heterocycles. The molecule has 7 heteroatoms. The Morgan fingerprint density at radius 2 is 2.00 bits per heavy atom. The summed E-state index contributed by atoms with van der Waals surface area (Å²) in [6, 6.07) is 7.40. The summed E-state index contributed by atoms with van der Waals surface area (Å²) in [6.07, 6.45) is 6.59. The molecule has 6 nitrogen and oxygen atoms in total. The minimum atomic E-state index is -0.141. The van der Waals surface area contributed by atoms with Crippen LogP contribution in [0, 0.1) is 0 Å². The summed E-state index contributed by atoms with van der Waals surface area (Å²) in [5, 5.41) is 9.68. The van der Waals surface area contributed by atoms with Gasteiger partial charge in [-0.1, -0.05) is 18.2 Å². The molecule has 2 aromatic rings. The fourth-order valence-electron chi connectivity index (χ4n) is 2.31. The Hall–Kier alpha value is -2.25. The lowest BCUT2D eigenvalue weighted by atomic mass is 10.1. The molecule has 120 valence electrons. The summed E-state index contributed by atoms with van der Waals surface area (Å²) in [5.41, 5.74) is 1.42. The fourth-order valence-corrected chi connectivity index (χ4v) is 3.03. The first kappa shape index (κ1) is 15.6. The quantitative estimate of drug-likeness (QED) is 0.647. The zero-order chi connectivity index (χ0) is 16.1. The molecule has 1 aromatic heterocycles. The van der Waals surface area contributed by atoms with Crippen molar-refractivity contribution in [1.82, 2.24) is 19.9 Å². The maximum absolute atomic E-state index is 12.2. The number of fused-ring (bicyclic) bond motifs is 1. The van der Waals surface area contributed by atoms with Crippen molar-refractivity contribution in [2.75, 3.05) is 19.8 Å². The Morgan fingerprint density at radius 1 is 1.09 bits per heavy atom. The van der Waals surface area contributed by atoms with Crippen molar-refractivity contribution in [1.29, 1.82) is 0 Å². The van der Waals surface area contributed by atoms with E-state index in [2.05, 4.69) is 16.0 Å². The summed E-state index contributed by atoms with van der Waals surface area (Å²) in [6.45, 7) is 1.68. The van der Waals surface area contributed by atoms with Crippen LogP contribution in [-0.4, -0.2) is 34.9 Å². The number of aromatic nitrogens is 1. The SMILES string of the molecule is O=C1NCCC=CCNCNC(=O)c2ccc3ccn(c3c2)S1. The smallest absolute Gasteiger partial charge is 0.300 e. The van der Waals surface area contributed by atoms with E-state index in [0.717, 1.165) is 29.3 Å². The number of hydrogen-bond donors (Lipinski definition) is 3. The second-order valence-electron chi connectivity index (χ2n) is 5.12. The van der Waals surface area contributed by atoms with Crippen LogP contribution >= 0.6 is 11.9 Å². The molecule has 23 heavy (non-hydrogen) atoms. The van der Waals surface area contributed by atoms with E-state index in [1.165, 1.54) is 0 Å². The summed E-state index contributed by atoms with van der Waals surface area (Å²) in [7, 11) is 0. The highest BCUT2D eigenvalue weighted by Gasteiger charge is 2.11. The van der Waals surface area contributed by atoms with Crippen molar-refractivity contribution in [3.63, 3.8) is 0 Å². The topological polar surface area (TPSA) is 75.2 Å². The van der Waals surface area contributed by atoms with Gasteiger partial charge < -0.3 is 10.6 Å².